The third kappa shape index (κ3) is 2.84. The Balaban J connectivity index is 2.42. The van der Waals surface area contributed by atoms with Crippen LogP contribution in [0.5, 0.6) is 0 Å². The monoisotopic (exact) mass is 304 g/mol. The van der Waals surface area contributed by atoms with Crippen molar-refractivity contribution in [1.29, 1.82) is 0 Å². The molecular formula is C13H18F2N2O2S. The SMILES string of the molecule is CNCC1CCCCN1S(=O)(=O)c1c(F)cccc1F. The number of rotatable bonds is 4. The van der Waals surface area contributed by atoms with Crippen LogP contribution < -0.4 is 5.32 Å². The Morgan fingerprint density at radius 2 is 1.95 bits per heavy atom. The van der Waals surface area contributed by atoms with Gasteiger partial charge >= 0.3 is 0 Å². The van der Waals surface area contributed by atoms with E-state index in [1.165, 1.54) is 4.31 Å². The molecule has 0 radical (unpaired) electrons. The summed E-state index contributed by atoms with van der Waals surface area (Å²) in [4.78, 5) is -0.844. The Hall–Kier alpha value is -1.05. The van der Waals surface area contributed by atoms with E-state index in [1.807, 2.05) is 0 Å². The second-order valence-corrected chi connectivity index (χ2v) is 6.70. The van der Waals surface area contributed by atoms with Gasteiger partial charge in [0.2, 0.25) is 10.0 Å². The fourth-order valence-corrected chi connectivity index (χ4v) is 4.38. The Bertz CT molecular complexity index is 555. The summed E-state index contributed by atoms with van der Waals surface area (Å²) >= 11 is 0. The molecule has 4 nitrogen and oxygen atoms in total. The lowest BCUT2D eigenvalue weighted by molar-refractivity contribution is 0.247. The molecule has 0 aliphatic carbocycles. The molecular weight excluding hydrogens is 286 g/mol. The van der Waals surface area contributed by atoms with Gasteiger partial charge in [0.25, 0.3) is 0 Å². The smallest absolute Gasteiger partial charge is 0.249 e. The van der Waals surface area contributed by atoms with Gasteiger partial charge in [-0.3, -0.25) is 0 Å². The molecule has 1 N–H and O–H groups in total. The van der Waals surface area contributed by atoms with Gasteiger partial charge in [-0.2, -0.15) is 4.31 Å². The molecule has 1 aliphatic rings. The van der Waals surface area contributed by atoms with E-state index in [2.05, 4.69) is 5.32 Å². The quantitative estimate of drug-likeness (QED) is 0.921. The highest BCUT2D eigenvalue weighted by Crippen LogP contribution is 2.28. The van der Waals surface area contributed by atoms with Gasteiger partial charge in [0.05, 0.1) is 0 Å². The summed E-state index contributed by atoms with van der Waals surface area (Å²) in [7, 11) is -2.43. The Morgan fingerprint density at radius 3 is 2.55 bits per heavy atom. The third-order valence-corrected chi connectivity index (χ3v) is 5.50. The number of benzene rings is 1. The number of sulfonamides is 1. The van der Waals surface area contributed by atoms with E-state index in [9.17, 15) is 17.2 Å². The van der Waals surface area contributed by atoms with Crippen molar-refractivity contribution in [1.82, 2.24) is 9.62 Å². The molecule has 0 aromatic heterocycles. The number of hydrogen-bond acceptors (Lipinski definition) is 3. The van der Waals surface area contributed by atoms with E-state index < -0.39 is 26.6 Å². The lowest BCUT2D eigenvalue weighted by atomic mass is 10.1. The van der Waals surface area contributed by atoms with Crippen molar-refractivity contribution in [2.45, 2.75) is 30.2 Å². The fraction of sp³-hybridized carbons (Fsp3) is 0.538. The fourth-order valence-electron chi connectivity index (χ4n) is 2.58. The Morgan fingerprint density at radius 1 is 1.30 bits per heavy atom. The summed E-state index contributed by atoms with van der Waals surface area (Å²) in [6.45, 7) is 0.762. The average Bonchev–Trinajstić information content (AvgIpc) is 2.39. The van der Waals surface area contributed by atoms with Crippen molar-refractivity contribution in [3.63, 3.8) is 0 Å². The molecule has 1 unspecified atom stereocenters. The first-order valence-corrected chi connectivity index (χ1v) is 8.03. The zero-order valence-electron chi connectivity index (χ0n) is 11.3. The molecule has 0 spiro atoms. The number of halogens is 2. The van der Waals surface area contributed by atoms with Gasteiger partial charge in [-0.05, 0) is 32.0 Å². The predicted octanol–water partition coefficient (Wildman–Crippen LogP) is 1.73. The highest BCUT2D eigenvalue weighted by molar-refractivity contribution is 7.89. The molecule has 7 heteroatoms. The first kappa shape index (κ1) is 15.3. The number of likely N-dealkylation sites (N-methyl/N-ethyl adjacent to an activating group) is 1. The summed E-state index contributed by atoms with van der Waals surface area (Å²) in [6.07, 6.45) is 2.31. The Labute approximate surface area is 117 Å². The first-order chi connectivity index (χ1) is 9.48. The van der Waals surface area contributed by atoms with Crippen LogP contribution in [0.15, 0.2) is 23.1 Å². The second-order valence-electron chi connectivity index (χ2n) is 4.87. The summed E-state index contributed by atoms with van der Waals surface area (Å²) in [5.41, 5.74) is 0. The molecule has 1 aliphatic heterocycles. The van der Waals surface area contributed by atoms with Crippen LogP contribution in [0, 0.1) is 11.6 Å². The molecule has 0 bridgehead atoms. The standard InChI is InChI=1S/C13H18F2N2O2S/c1-16-9-10-5-2-3-8-17(10)20(18,19)13-11(14)6-4-7-12(13)15/h4,6-7,10,16H,2-3,5,8-9H2,1H3. The normalized spacial score (nSPS) is 21.1. The van der Waals surface area contributed by atoms with Gasteiger partial charge in [-0.15, -0.1) is 0 Å². The summed E-state index contributed by atoms with van der Waals surface area (Å²) in [6, 6.07) is 2.82. The van der Waals surface area contributed by atoms with E-state index >= 15 is 0 Å². The van der Waals surface area contributed by atoms with Crippen molar-refractivity contribution in [2.24, 2.45) is 0 Å². The average molecular weight is 304 g/mol. The second kappa shape index (κ2) is 6.15. The third-order valence-electron chi connectivity index (χ3n) is 3.50. The number of nitrogens with zero attached hydrogens (tertiary/aromatic N) is 1. The molecule has 1 atom stereocenters. The van der Waals surface area contributed by atoms with E-state index in [-0.39, 0.29) is 6.04 Å². The van der Waals surface area contributed by atoms with Crippen molar-refractivity contribution in [2.75, 3.05) is 20.1 Å². The maximum atomic E-state index is 13.8. The van der Waals surface area contributed by atoms with Crippen molar-refractivity contribution in [3.8, 4) is 0 Å². The molecule has 1 saturated heterocycles. The highest BCUT2D eigenvalue weighted by Gasteiger charge is 2.36. The van der Waals surface area contributed by atoms with Crippen LogP contribution in [0.1, 0.15) is 19.3 Å². The number of piperidine rings is 1. The first-order valence-electron chi connectivity index (χ1n) is 6.59. The van der Waals surface area contributed by atoms with Gasteiger partial charge in [-0.1, -0.05) is 12.5 Å². The van der Waals surface area contributed by atoms with Crippen LogP contribution in [-0.2, 0) is 10.0 Å². The lowest BCUT2D eigenvalue weighted by Crippen LogP contribution is -2.48. The van der Waals surface area contributed by atoms with E-state index in [0.717, 1.165) is 24.6 Å². The lowest BCUT2D eigenvalue weighted by Gasteiger charge is -2.34. The van der Waals surface area contributed by atoms with E-state index in [0.29, 0.717) is 25.9 Å². The Kier molecular flexibility index (Phi) is 4.72. The minimum Gasteiger partial charge on any atom is -0.318 e. The highest BCUT2D eigenvalue weighted by atomic mass is 32.2. The number of nitrogens with one attached hydrogen (secondary N) is 1. The van der Waals surface area contributed by atoms with Gasteiger partial charge in [0, 0.05) is 19.1 Å². The largest absolute Gasteiger partial charge is 0.318 e. The van der Waals surface area contributed by atoms with Crippen LogP contribution in [0.2, 0.25) is 0 Å². The summed E-state index contributed by atoms with van der Waals surface area (Å²) in [5, 5.41) is 2.93. The van der Waals surface area contributed by atoms with Gasteiger partial charge in [-0.25, -0.2) is 17.2 Å². The molecule has 0 amide bonds. The molecule has 20 heavy (non-hydrogen) atoms. The van der Waals surface area contributed by atoms with Gasteiger partial charge in [0.15, 0.2) is 4.90 Å². The van der Waals surface area contributed by atoms with Crippen LogP contribution in [0.25, 0.3) is 0 Å². The van der Waals surface area contributed by atoms with Crippen LogP contribution in [-0.4, -0.2) is 38.9 Å². The summed E-state index contributed by atoms with van der Waals surface area (Å²) < 4.78 is 53.8. The molecule has 2 rings (SSSR count). The molecule has 112 valence electrons. The maximum absolute atomic E-state index is 13.8. The maximum Gasteiger partial charge on any atom is 0.249 e. The van der Waals surface area contributed by atoms with Crippen LogP contribution in [0.4, 0.5) is 8.78 Å². The van der Waals surface area contributed by atoms with Gasteiger partial charge in [0.1, 0.15) is 11.6 Å². The van der Waals surface area contributed by atoms with Crippen molar-refractivity contribution in [3.05, 3.63) is 29.8 Å². The van der Waals surface area contributed by atoms with Crippen LogP contribution in [0.3, 0.4) is 0 Å². The zero-order valence-corrected chi connectivity index (χ0v) is 12.1. The molecule has 1 fully saturated rings. The van der Waals surface area contributed by atoms with Crippen LogP contribution >= 0.6 is 0 Å². The van der Waals surface area contributed by atoms with Gasteiger partial charge < -0.3 is 5.32 Å². The van der Waals surface area contributed by atoms with E-state index in [1.54, 1.807) is 7.05 Å². The molecule has 1 aromatic rings. The van der Waals surface area contributed by atoms with E-state index in [4.69, 9.17) is 0 Å². The van der Waals surface area contributed by atoms with Crippen molar-refractivity contribution < 1.29 is 17.2 Å². The molecule has 1 aromatic carbocycles. The predicted molar refractivity (Wildman–Crippen MR) is 71.8 cm³/mol. The van der Waals surface area contributed by atoms with Crippen molar-refractivity contribution >= 4 is 10.0 Å². The topological polar surface area (TPSA) is 49.4 Å². The zero-order chi connectivity index (χ0) is 14.8. The minimum absolute atomic E-state index is 0.266. The molecule has 1 heterocycles. The number of hydrogen-bond donors (Lipinski definition) is 1. The summed E-state index contributed by atoms with van der Waals surface area (Å²) in [5.74, 6) is -2.09. The molecule has 0 saturated carbocycles. The minimum atomic E-state index is -4.15.